The van der Waals surface area contributed by atoms with Crippen LogP contribution in [-0.2, 0) is 24.2 Å². The minimum Gasteiger partial charge on any atom is -0.315 e. The Hall–Kier alpha value is -1.58. The highest BCUT2D eigenvalue weighted by molar-refractivity contribution is 7.16. The highest BCUT2D eigenvalue weighted by atomic mass is 35.5. The molecule has 0 spiro atoms. The molecule has 1 heterocycles. The first-order chi connectivity index (χ1) is 12.0. The van der Waals surface area contributed by atoms with Gasteiger partial charge < -0.3 is 5.32 Å². The Morgan fingerprint density at radius 3 is 2.92 bits per heavy atom. The van der Waals surface area contributed by atoms with Gasteiger partial charge in [0.2, 0.25) is 5.91 Å². The molecule has 4 nitrogen and oxygen atoms in total. The van der Waals surface area contributed by atoms with E-state index in [2.05, 4.69) is 11.4 Å². The number of hydrogen-bond donors (Lipinski definition) is 1. The monoisotopic (exact) mass is 393 g/mol. The number of hydrogen-bond acceptors (Lipinski definition) is 4. The lowest BCUT2D eigenvalue weighted by molar-refractivity contribution is -0.117. The fourth-order valence-corrected chi connectivity index (χ4v) is 4.74. The van der Waals surface area contributed by atoms with Crippen LogP contribution < -0.4 is 5.32 Å². The molecule has 7 heteroatoms. The highest BCUT2D eigenvalue weighted by Gasteiger charge is 2.23. The molecule has 0 fully saturated rings. The molecule has 3 rings (SSSR count). The fraction of sp³-hybridized carbons (Fsp3) is 0.333. The van der Waals surface area contributed by atoms with E-state index in [1.54, 1.807) is 12.1 Å². The zero-order valence-corrected chi connectivity index (χ0v) is 16.1. The van der Waals surface area contributed by atoms with Gasteiger partial charge >= 0.3 is 0 Å². The summed E-state index contributed by atoms with van der Waals surface area (Å²) in [6.45, 7) is 0.752. The Balaban J connectivity index is 1.62. The number of fused-ring (bicyclic) bond motifs is 1. The number of nitrogens with one attached hydrogen (secondary N) is 1. The molecular formula is C18H17Cl2N3OS. The molecule has 2 aromatic rings. The van der Waals surface area contributed by atoms with E-state index >= 15 is 0 Å². The summed E-state index contributed by atoms with van der Waals surface area (Å²) >= 11 is 13.6. The number of thiophene rings is 1. The molecule has 0 saturated heterocycles. The maximum Gasteiger partial charge on any atom is 0.239 e. The second kappa shape index (κ2) is 7.76. The van der Waals surface area contributed by atoms with Crippen molar-refractivity contribution >= 4 is 45.4 Å². The lowest BCUT2D eigenvalue weighted by Crippen LogP contribution is -2.29. The van der Waals surface area contributed by atoms with Crippen molar-refractivity contribution in [2.75, 3.05) is 18.9 Å². The Morgan fingerprint density at radius 2 is 2.20 bits per heavy atom. The molecule has 1 N–H and O–H groups in total. The molecular weight excluding hydrogens is 377 g/mol. The zero-order valence-electron chi connectivity index (χ0n) is 13.7. The van der Waals surface area contributed by atoms with Crippen molar-refractivity contribution in [2.45, 2.75) is 25.8 Å². The Labute approximate surface area is 161 Å². The molecule has 0 atom stereocenters. The summed E-state index contributed by atoms with van der Waals surface area (Å²) in [5.74, 6) is -0.135. The molecule has 0 unspecified atom stereocenters. The number of likely N-dealkylation sites (N-methyl/N-ethyl adjacent to an activating group) is 1. The van der Waals surface area contributed by atoms with Gasteiger partial charge in [-0.3, -0.25) is 9.69 Å². The molecule has 0 bridgehead atoms. The van der Waals surface area contributed by atoms with E-state index in [0.717, 1.165) is 30.4 Å². The van der Waals surface area contributed by atoms with Crippen molar-refractivity contribution in [3.05, 3.63) is 49.8 Å². The Morgan fingerprint density at radius 1 is 1.40 bits per heavy atom. The first-order valence-electron chi connectivity index (χ1n) is 7.95. The van der Waals surface area contributed by atoms with Gasteiger partial charge in [-0.25, -0.2) is 0 Å². The van der Waals surface area contributed by atoms with Gasteiger partial charge in [0.05, 0.1) is 12.1 Å². The average Bonchev–Trinajstić information content (AvgIpc) is 3.10. The van der Waals surface area contributed by atoms with E-state index in [4.69, 9.17) is 23.2 Å². The van der Waals surface area contributed by atoms with Gasteiger partial charge in [0.1, 0.15) is 11.1 Å². The smallest absolute Gasteiger partial charge is 0.239 e. The SMILES string of the molecule is CN(CC(=O)Nc1sc2c(c1C#N)CCC2)Cc1ccc(Cl)cc1Cl. The topological polar surface area (TPSA) is 56.1 Å². The third kappa shape index (κ3) is 4.16. The van der Waals surface area contributed by atoms with Crippen molar-refractivity contribution in [3.63, 3.8) is 0 Å². The van der Waals surface area contributed by atoms with Crippen LogP contribution in [0.1, 0.15) is 28.0 Å². The van der Waals surface area contributed by atoms with Crippen LogP contribution in [0.4, 0.5) is 5.00 Å². The van der Waals surface area contributed by atoms with E-state index in [1.165, 1.54) is 16.2 Å². The largest absolute Gasteiger partial charge is 0.315 e. The molecule has 1 aromatic heterocycles. The van der Waals surface area contributed by atoms with Crippen molar-refractivity contribution < 1.29 is 4.79 Å². The van der Waals surface area contributed by atoms with Crippen molar-refractivity contribution in [2.24, 2.45) is 0 Å². The van der Waals surface area contributed by atoms with Crippen molar-refractivity contribution in [3.8, 4) is 6.07 Å². The van der Waals surface area contributed by atoms with Crippen LogP contribution in [0.25, 0.3) is 0 Å². The molecule has 0 radical (unpaired) electrons. The van der Waals surface area contributed by atoms with Gasteiger partial charge in [0.15, 0.2) is 0 Å². The molecule has 130 valence electrons. The lowest BCUT2D eigenvalue weighted by Gasteiger charge is -2.17. The minimum absolute atomic E-state index is 0.135. The fourth-order valence-electron chi connectivity index (χ4n) is 3.02. The van der Waals surface area contributed by atoms with Crippen LogP contribution in [0.3, 0.4) is 0 Å². The first-order valence-corrected chi connectivity index (χ1v) is 9.52. The number of nitrogens with zero attached hydrogens (tertiary/aromatic N) is 2. The molecule has 1 amide bonds. The van der Waals surface area contributed by atoms with Crippen LogP contribution >= 0.6 is 34.5 Å². The number of rotatable bonds is 5. The summed E-state index contributed by atoms with van der Waals surface area (Å²) in [6.07, 6.45) is 3.02. The van der Waals surface area contributed by atoms with Gasteiger partial charge in [0.25, 0.3) is 0 Å². The summed E-state index contributed by atoms with van der Waals surface area (Å²) in [5, 5.41) is 14.1. The second-order valence-electron chi connectivity index (χ2n) is 6.13. The zero-order chi connectivity index (χ0) is 18.0. The Bertz CT molecular complexity index is 857. The number of benzene rings is 1. The maximum atomic E-state index is 12.3. The predicted molar refractivity (Wildman–Crippen MR) is 102 cm³/mol. The molecule has 1 aromatic carbocycles. The van der Waals surface area contributed by atoms with E-state index in [1.807, 2.05) is 18.0 Å². The average molecular weight is 394 g/mol. The molecule has 1 aliphatic rings. The molecule has 1 aliphatic carbocycles. The number of halogens is 2. The molecule has 25 heavy (non-hydrogen) atoms. The van der Waals surface area contributed by atoms with Crippen molar-refractivity contribution in [1.82, 2.24) is 4.90 Å². The van der Waals surface area contributed by atoms with Gasteiger partial charge in [-0.05, 0) is 49.6 Å². The summed E-state index contributed by atoms with van der Waals surface area (Å²) in [7, 11) is 1.85. The normalized spacial score (nSPS) is 12.9. The summed E-state index contributed by atoms with van der Waals surface area (Å²) in [4.78, 5) is 15.4. The third-order valence-corrected chi connectivity index (χ3v) is 5.95. The number of carbonyl (C=O) groups is 1. The van der Waals surface area contributed by atoms with Crippen LogP contribution in [0.5, 0.6) is 0 Å². The van der Waals surface area contributed by atoms with E-state index in [-0.39, 0.29) is 12.5 Å². The maximum absolute atomic E-state index is 12.3. The minimum atomic E-state index is -0.135. The van der Waals surface area contributed by atoms with Crippen molar-refractivity contribution in [1.29, 1.82) is 5.26 Å². The summed E-state index contributed by atoms with van der Waals surface area (Å²) in [6, 6.07) is 7.57. The van der Waals surface area contributed by atoms with Gasteiger partial charge in [0, 0.05) is 21.5 Å². The predicted octanol–water partition coefficient (Wildman–Crippen LogP) is 4.49. The summed E-state index contributed by atoms with van der Waals surface area (Å²) < 4.78 is 0. The van der Waals surface area contributed by atoms with Gasteiger partial charge in [-0.1, -0.05) is 29.3 Å². The number of aryl methyl sites for hydroxylation is 1. The highest BCUT2D eigenvalue weighted by Crippen LogP contribution is 2.38. The van der Waals surface area contributed by atoms with Gasteiger partial charge in [-0.2, -0.15) is 5.26 Å². The number of amides is 1. The standard InChI is InChI=1S/C18H17Cl2N3OS/c1-23(9-11-5-6-12(19)7-15(11)20)10-17(24)22-18-14(8-21)13-3-2-4-16(13)25-18/h5-7H,2-4,9-10H2,1H3,(H,22,24). The van der Waals surface area contributed by atoms with Crippen LogP contribution in [0.2, 0.25) is 10.0 Å². The van der Waals surface area contributed by atoms with E-state index in [9.17, 15) is 10.1 Å². The quantitative estimate of drug-likeness (QED) is 0.813. The van der Waals surface area contributed by atoms with Crippen LogP contribution in [0, 0.1) is 11.3 Å². The van der Waals surface area contributed by atoms with E-state index < -0.39 is 0 Å². The first kappa shape index (κ1) is 18.2. The number of nitriles is 1. The van der Waals surface area contributed by atoms with Crippen LogP contribution in [-0.4, -0.2) is 24.4 Å². The molecule has 0 saturated carbocycles. The number of anilines is 1. The Kier molecular flexibility index (Phi) is 5.65. The molecule has 0 aliphatic heterocycles. The number of carbonyl (C=O) groups excluding carboxylic acids is 1. The lowest BCUT2D eigenvalue weighted by atomic mass is 10.1. The third-order valence-electron chi connectivity index (χ3n) is 4.15. The second-order valence-corrected chi connectivity index (χ2v) is 8.08. The van der Waals surface area contributed by atoms with Gasteiger partial charge in [-0.15, -0.1) is 11.3 Å². The van der Waals surface area contributed by atoms with Crippen LogP contribution in [0.15, 0.2) is 18.2 Å². The summed E-state index contributed by atoms with van der Waals surface area (Å²) in [5.41, 5.74) is 2.66. The van der Waals surface area contributed by atoms with E-state index in [0.29, 0.717) is 27.2 Å².